The first-order chi connectivity index (χ1) is 9.15. The SMILES string of the molecule is COCCC(=O)NC(CCC(=O)O)C(=O)OC(C)(C)C. The molecular formula is C13H23NO6. The number of hydrogen-bond acceptors (Lipinski definition) is 5. The molecule has 20 heavy (non-hydrogen) atoms. The van der Waals surface area contributed by atoms with Gasteiger partial charge in [-0.15, -0.1) is 0 Å². The molecule has 0 fully saturated rings. The van der Waals surface area contributed by atoms with Crippen molar-refractivity contribution < 1.29 is 29.0 Å². The predicted octanol–water partition coefficient (Wildman–Crippen LogP) is 0.714. The van der Waals surface area contributed by atoms with E-state index in [-0.39, 0.29) is 31.8 Å². The van der Waals surface area contributed by atoms with Crippen molar-refractivity contribution in [3.63, 3.8) is 0 Å². The van der Waals surface area contributed by atoms with Crippen LogP contribution in [0.3, 0.4) is 0 Å². The van der Waals surface area contributed by atoms with Crippen LogP contribution in [0.15, 0.2) is 0 Å². The van der Waals surface area contributed by atoms with E-state index in [0.717, 1.165) is 0 Å². The van der Waals surface area contributed by atoms with E-state index in [1.54, 1.807) is 20.8 Å². The molecule has 0 aliphatic heterocycles. The minimum atomic E-state index is -1.04. The zero-order chi connectivity index (χ0) is 15.8. The molecule has 0 aromatic carbocycles. The molecule has 0 aromatic rings. The molecule has 0 heterocycles. The molecule has 0 aromatic heterocycles. The molecule has 0 aliphatic carbocycles. The maximum absolute atomic E-state index is 11.9. The first kappa shape index (κ1) is 18.4. The van der Waals surface area contributed by atoms with Gasteiger partial charge in [-0.2, -0.15) is 0 Å². The van der Waals surface area contributed by atoms with Crippen molar-refractivity contribution >= 4 is 17.8 Å². The number of carbonyl (C=O) groups excluding carboxylic acids is 2. The Hall–Kier alpha value is -1.63. The topological polar surface area (TPSA) is 102 Å². The van der Waals surface area contributed by atoms with Crippen LogP contribution < -0.4 is 5.32 Å². The summed E-state index contributed by atoms with van der Waals surface area (Å²) in [6.45, 7) is 5.33. The minimum Gasteiger partial charge on any atom is -0.481 e. The lowest BCUT2D eigenvalue weighted by Crippen LogP contribution is -2.44. The van der Waals surface area contributed by atoms with Gasteiger partial charge in [-0.3, -0.25) is 9.59 Å². The fourth-order valence-corrected chi connectivity index (χ4v) is 1.35. The third kappa shape index (κ3) is 9.32. The molecule has 1 atom stereocenters. The molecule has 0 rings (SSSR count). The van der Waals surface area contributed by atoms with E-state index in [1.807, 2.05) is 0 Å². The zero-order valence-electron chi connectivity index (χ0n) is 12.4. The molecule has 0 saturated carbocycles. The van der Waals surface area contributed by atoms with Crippen LogP contribution in [0.1, 0.15) is 40.0 Å². The highest BCUT2D eigenvalue weighted by Gasteiger charge is 2.26. The highest BCUT2D eigenvalue weighted by atomic mass is 16.6. The number of carboxylic acids is 1. The molecule has 0 aliphatic rings. The van der Waals surface area contributed by atoms with Crippen molar-refractivity contribution in [1.29, 1.82) is 0 Å². The van der Waals surface area contributed by atoms with Gasteiger partial charge < -0.3 is 19.9 Å². The van der Waals surface area contributed by atoms with Crippen LogP contribution in [0.2, 0.25) is 0 Å². The second-order valence-corrected chi connectivity index (χ2v) is 5.33. The molecule has 0 bridgehead atoms. The van der Waals surface area contributed by atoms with Crippen LogP contribution in [0.5, 0.6) is 0 Å². The Bertz CT molecular complexity index is 347. The van der Waals surface area contributed by atoms with Gasteiger partial charge in [-0.1, -0.05) is 0 Å². The van der Waals surface area contributed by atoms with Gasteiger partial charge in [0.1, 0.15) is 11.6 Å². The van der Waals surface area contributed by atoms with Crippen molar-refractivity contribution in [3.8, 4) is 0 Å². The maximum Gasteiger partial charge on any atom is 0.329 e. The lowest BCUT2D eigenvalue weighted by molar-refractivity contribution is -0.159. The average Bonchev–Trinajstić information content (AvgIpc) is 2.29. The second-order valence-electron chi connectivity index (χ2n) is 5.33. The van der Waals surface area contributed by atoms with Gasteiger partial charge in [0, 0.05) is 20.0 Å². The molecule has 1 amide bonds. The van der Waals surface area contributed by atoms with Gasteiger partial charge >= 0.3 is 11.9 Å². The van der Waals surface area contributed by atoms with E-state index in [2.05, 4.69) is 5.32 Å². The van der Waals surface area contributed by atoms with Crippen molar-refractivity contribution in [2.75, 3.05) is 13.7 Å². The number of hydrogen-bond donors (Lipinski definition) is 2. The Kier molecular flexibility index (Phi) is 7.83. The standard InChI is InChI=1S/C13H23NO6/c1-13(2,3)20-12(18)9(5-6-11(16)17)14-10(15)7-8-19-4/h9H,5-8H2,1-4H3,(H,14,15)(H,16,17). The highest BCUT2D eigenvalue weighted by Crippen LogP contribution is 2.11. The van der Waals surface area contributed by atoms with Gasteiger partial charge in [-0.05, 0) is 27.2 Å². The fraction of sp³-hybridized carbons (Fsp3) is 0.769. The Morgan fingerprint density at radius 3 is 2.25 bits per heavy atom. The van der Waals surface area contributed by atoms with E-state index in [0.29, 0.717) is 0 Å². The number of nitrogens with one attached hydrogen (secondary N) is 1. The zero-order valence-corrected chi connectivity index (χ0v) is 12.4. The number of aliphatic carboxylic acids is 1. The molecule has 116 valence electrons. The van der Waals surface area contributed by atoms with Crippen LogP contribution in [0.25, 0.3) is 0 Å². The smallest absolute Gasteiger partial charge is 0.329 e. The predicted molar refractivity (Wildman–Crippen MR) is 71.1 cm³/mol. The number of esters is 1. The Labute approximate surface area is 118 Å². The second kappa shape index (κ2) is 8.52. The summed E-state index contributed by atoms with van der Waals surface area (Å²) in [5, 5.41) is 11.1. The lowest BCUT2D eigenvalue weighted by atomic mass is 10.1. The maximum atomic E-state index is 11.9. The number of carbonyl (C=O) groups is 3. The van der Waals surface area contributed by atoms with Crippen LogP contribution in [-0.2, 0) is 23.9 Å². The third-order valence-corrected chi connectivity index (χ3v) is 2.21. The summed E-state index contributed by atoms with van der Waals surface area (Å²) in [6.07, 6.45) is -0.139. The first-order valence-corrected chi connectivity index (χ1v) is 6.38. The van der Waals surface area contributed by atoms with Gasteiger partial charge in [0.15, 0.2) is 0 Å². The quantitative estimate of drug-likeness (QED) is 0.638. The molecule has 1 unspecified atom stereocenters. The Balaban J connectivity index is 4.58. The molecule has 0 radical (unpaired) electrons. The summed E-state index contributed by atoms with van der Waals surface area (Å²) in [7, 11) is 1.46. The van der Waals surface area contributed by atoms with E-state index < -0.39 is 23.6 Å². The van der Waals surface area contributed by atoms with E-state index >= 15 is 0 Å². The summed E-state index contributed by atoms with van der Waals surface area (Å²) in [5.74, 6) is -2.05. The van der Waals surface area contributed by atoms with Gasteiger partial charge in [0.25, 0.3) is 0 Å². The molecule has 0 saturated heterocycles. The van der Waals surface area contributed by atoms with Gasteiger partial charge in [-0.25, -0.2) is 4.79 Å². The molecule has 2 N–H and O–H groups in total. The van der Waals surface area contributed by atoms with Crippen molar-refractivity contribution in [2.24, 2.45) is 0 Å². The number of ether oxygens (including phenoxy) is 2. The number of methoxy groups -OCH3 is 1. The summed E-state index contributed by atoms with van der Waals surface area (Å²) < 4.78 is 9.92. The first-order valence-electron chi connectivity index (χ1n) is 6.38. The van der Waals surface area contributed by atoms with Gasteiger partial charge in [0.2, 0.25) is 5.91 Å². The molecule has 7 nitrogen and oxygen atoms in total. The van der Waals surface area contributed by atoms with Crippen LogP contribution >= 0.6 is 0 Å². The lowest BCUT2D eigenvalue weighted by Gasteiger charge is -2.24. The fourth-order valence-electron chi connectivity index (χ4n) is 1.35. The van der Waals surface area contributed by atoms with Crippen LogP contribution in [-0.4, -0.2) is 48.3 Å². The van der Waals surface area contributed by atoms with E-state index in [4.69, 9.17) is 14.6 Å². The van der Waals surface area contributed by atoms with E-state index in [9.17, 15) is 14.4 Å². The average molecular weight is 289 g/mol. The summed E-state index contributed by atoms with van der Waals surface area (Å²) >= 11 is 0. The monoisotopic (exact) mass is 289 g/mol. The summed E-state index contributed by atoms with van der Waals surface area (Å²) in [6, 6.07) is -0.963. The van der Waals surface area contributed by atoms with Crippen molar-refractivity contribution in [2.45, 2.75) is 51.7 Å². The van der Waals surface area contributed by atoms with Crippen molar-refractivity contribution in [3.05, 3.63) is 0 Å². The summed E-state index contributed by atoms with van der Waals surface area (Å²) in [4.78, 5) is 34.1. The molecular weight excluding hydrogens is 266 g/mol. The van der Waals surface area contributed by atoms with Crippen LogP contribution in [0, 0.1) is 0 Å². The number of carboxylic acid groups (broad SMARTS) is 1. The van der Waals surface area contributed by atoms with Crippen molar-refractivity contribution in [1.82, 2.24) is 5.32 Å². The molecule has 0 spiro atoms. The Morgan fingerprint density at radius 2 is 1.80 bits per heavy atom. The van der Waals surface area contributed by atoms with E-state index in [1.165, 1.54) is 7.11 Å². The highest BCUT2D eigenvalue weighted by molar-refractivity contribution is 5.85. The number of amides is 1. The number of rotatable bonds is 8. The Morgan fingerprint density at radius 1 is 1.20 bits per heavy atom. The largest absolute Gasteiger partial charge is 0.481 e. The molecule has 7 heteroatoms. The minimum absolute atomic E-state index is 0.0109. The third-order valence-electron chi connectivity index (χ3n) is 2.21. The van der Waals surface area contributed by atoms with Gasteiger partial charge in [0.05, 0.1) is 6.61 Å². The summed E-state index contributed by atoms with van der Waals surface area (Å²) in [5.41, 5.74) is -0.699. The normalized spacial score (nSPS) is 12.6. The van der Waals surface area contributed by atoms with Crippen LogP contribution in [0.4, 0.5) is 0 Å².